The highest BCUT2D eigenvalue weighted by atomic mass is 32.2. The molecule has 1 aromatic rings. The fourth-order valence-corrected chi connectivity index (χ4v) is 1.67. The van der Waals surface area contributed by atoms with E-state index in [1.54, 1.807) is 0 Å². The molecule has 90 valence electrons. The third-order valence-corrected chi connectivity index (χ3v) is 2.54. The van der Waals surface area contributed by atoms with Crippen molar-refractivity contribution in [1.82, 2.24) is 0 Å². The van der Waals surface area contributed by atoms with E-state index in [1.165, 1.54) is 0 Å². The first-order chi connectivity index (χ1) is 7.53. The van der Waals surface area contributed by atoms with Crippen molar-refractivity contribution in [2.24, 2.45) is 0 Å². The minimum absolute atomic E-state index is 0.0106. The van der Waals surface area contributed by atoms with Crippen molar-refractivity contribution in [2.75, 3.05) is 19.5 Å². The highest BCUT2D eigenvalue weighted by Crippen LogP contribution is 2.17. The molecule has 0 aliphatic heterocycles. The first-order valence-electron chi connectivity index (χ1n) is 5.04. The number of benzene rings is 1. The van der Waals surface area contributed by atoms with Crippen molar-refractivity contribution in [3.8, 4) is 0 Å². The van der Waals surface area contributed by atoms with Crippen LogP contribution in [0.4, 0.5) is 0 Å². The highest BCUT2D eigenvalue weighted by molar-refractivity contribution is 7.85. The van der Waals surface area contributed by atoms with Gasteiger partial charge in [0.25, 0.3) is 10.1 Å². The monoisotopic (exact) mass is 244 g/mol. The van der Waals surface area contributed by atoms with Crippen LogP contribution in [-0.2, 0) is 19.0 Å². The molecular weight excluding hydrogens is 228 g/mol. The van der Waals surface area contributed by atoms with Crippen LogP contribution in [0, 0.1) is 0 Å². The molecule has 0 spiro atoms. The Morgan fingerprint density at radius 2 is 1.88 bits per heavy atom. The molecule has 0 fully saturated rings. The molecule has 0 heterocycles. The van der Waals surface area contributed by atoms with Gasteiger partial charge < -0.3 is 4.74 Å². The number of rotatable bonds is 6. The predicted octanol–water partition coefficient (Wildman–Crippen LogP) is 1.74. The SMILES string of the molecule is CCOC(COS(C)(=O)=O)c1ccccc1. The molecule has 0 amide bonds. The Labute approximate surface area is 96.3 Å². The summed E-state index contributed by atoms with van der Waals surface area (Å²) in [5, 5.41) is 0. The molecule has 0 aliphatic rings. The second-order valence-electron chi connectivity index (χ2n) is 3.34. The molecule has 0 N–H and O–H groups in total. The van der Waals surface area contributed by atoms with Crippen LogP contribution < -0.4 is 0 Å². The summed E-state index contributed by atoms with van der Waals surface area (Å²) < 4.78 is 32.0. The molecule has 1 aromatic carbocycles. The second-order valence-corrected chi connectivity index (χ2v) is 4.99. The fourth-order valence-electron chi connectivity index (χ4n) is 1.29. The van der Waals surface area contributed by atoms with Crippen molar-refractivity contribution < 1.29 is 17.3 Å². The van der Waals surface area contributed by atoms with E-state index < -0.39 is 10.1 Å². The molecule has 0 bridgehead atoms. The van der Waals surface area contributed by atoms with Gasteiger partial charge in [-0.3, -0.25) is 4.18 Å². The van der Waals surface area contributed by atoms with Gasteiger partial charge in [0, 0.05) is 6.61 Å². The lowest BCUT2D eigenvalue weighted by Crippen LogP contribution is -2.15. The quantitative estimate of drug-likeness (QED) is 0.715. The Balaban J connectivity index is 2.69. The van der Waals surface area contributed by atoms with E-state index in [-0.39, 0.29) is 12.7 Å². The van der Waals surface area contributed by atoms with Crippen LogP contribution in [0.25, 0.3) is 0 Å². The minimum atomic E-state index is -3.43. The normalized spacial score (nSPS) is 13.6. The van der Waals surface area contributed by atoms with Crippen molar-refractivity contribution in [3.63, 3.8) is 0 Å². The van der Waals surface area contributed by atoms with E-state index in [0.29, 0.717) is 6.61 Å². The Hall–Kier alpha value is -0.910. The zero-order chi connectivity index (χ0) is 12.0. The lowest BCUT2D eigenvalue weighted by molar-refractivity contribution is 0.0286. The highest BCUT2D eigenvalue weighted by Gasteiger charge is 2.14. The first-order valence-corrected chi connectivity index (χ1v) is 6.85. The van der Waals surface area contributed by atoms with E-state index in [1.807, 2.05) is 37.3 Å². The maximum Gasteiger partial charge on any atom is 0.264 e. The Kier molecular flexibility index (Phi) is 4.92. The summed E-state index contributed by atoms with van der Waals surface area (Å²) in [6.45, 7) is 2.37. The number of hydrogen-bond donors (Lipinski definition) is 0. The maximum absolute atomic E-state index is 10.9. The molecule has 0 aliphatic carbocycles. The van der Waals surface area contributed by atoms with Gasteiger partial charge in [0.2, 0.25) is 0 Å². The molecule has 1 rings (SSSR count). The van der Waals surface area contributed by atoms with Gasteiger partial charge in [0.15, 0.2) is 0 Å². The molecule has 0 aromatic heterocycles. The van der Waals surface area contributed by atoms with Crippen LogP contribution in [0.5, 0.6) is 0 Å². The number of ether oxygens (including phenoxy) is 1. The minimum Gasteiger partial charge on any atom is -0.371 e. The summed E-state index contributed by atoms with van der Waals surface area (Å²) in [5.41, 5.74) is 0.910. The maximum atomic E-state index is 10.9. The molecule has 0 saturated carbocycles. The summed E-state index contributed by atoms with van der Waals surface area (Å²) in [7, 11) is -3.43. The third kappa shape index (κ3) is 4.74. The topological polar surface area (TPSA) is 52.6 Å². The van der Waals surface area contributed by atoms with Gasteiger partial charge in [-0.25, -0.2) is 0 Å². The van der Waals surface area contributed by atoms with Crippen molar-refractivity contribution in [2.45, 2.75) is 13.0 Å². The van der Waals surface area contributed by atoms with Crippen LogP contribution in [-0.4, -0.2) is 27.9 Å². The second kappa shape index (κ2) is 5.98. The summed E-state index contributed by atoms with van der Waals surface area (Å²) >= 11 is 0. The average Bonchev–Trinajstić information content (AvgIpc) is 2.24. The van der Waals surface area contributed by atoms with E-state index in [4.69, 9.17) is 8.92 Å². The molecule has 0 saturated heterocycles. The number of hydrogen-bond acceptors (Lipinski definition) is 4. The van der Waals surface area contributed by atoms with Gasteiger partial charge in [-0.2, -0.15) is 8.42 Å². The molecule has 0 radical (unpaired) electrons. The van der Waals surface area contributed by atoms with Crippen LogP contribution in [0.3, 0.4) is 0 Å². The van der Waals surface area contributed by atoms with Gasteiger partial charge in [0.1, 0.15) is 6.10 Å². The molecule has 4 nitrogen and oxygen atoms in total. The standard InChI is InChI=1S/C11H16O4S/c1-3-14-11(9-15-16(2,12)13)10-7-5-4-6-8-10/h4-8,11H,3,9H2,1-2H3. The lowest BCUT2D eigenvalue weighted by Gasteiger charge is -2.16. The van der Waals surface area contributed by atoms with Gasteiger partial charge >= 0.3 is 0 Å². The van der Waals surface area contributed by atoms with Crippen molar-refractivity contribution in [3.05, 3.63) is 35.9 Å². The Morgan fingerprint density at radius 3 is 2.38 bits per heavy atom. The Bertz CT molecular complexity index is 399. The smallest absolute Gasteiger partial charge is 0.264 e. The molecule has 5 heteroatoms. The lowest BCUT2D eigenvalue weighted by atomic mass is 10.1. The van der Waals surface area contributed by atoms with Gasteiger partial charge in [-0.1, -0.05) is 30.3 Å². The largest absolute Gasteiger partial charge is 0.371 e. The van der Waals surface area contributed by atoms with E-state index in [0.717, 1.165) is 11.8 Å². The van der Waals surface area contributed by atoms with Crippen molar-refractivity contribution >= 4 is 10.1 Å². The molecular formula is C11H16O4S. The summed E-state index contributed by atoms with van der Waals surface area (Å²) in [6, 6.07) is 9.41. The third-order valence-electron chi connectivity index (χ3n) is 1.97. The predicted molar refractivity (Wildman–Crippen MR) is 61.6 cm³/mol. The zero-order valence-corrected chi connectivity index (χ0v) is 10.2. The summed E-state index contributed by atoms with van der Waals surface area (Å²) in [4.78, 5) is 0. The Morgan fingerprint density at radius 1 is 1.25 bits per heavy atom. The van der Waals surface area contributed by atoms with Crippen LogP contribution in [0.1, 0.15) is 18.6 Å². The summed E-state index contributed by atoms with van der Waals surface area (Å²) in [6.07, 6.45) is 0.682. The van der Waals surface area contributed by atoms with Gasteiger partial charge in [-0.15, -0.1) is 0 Å². The van der Waals surface area contributed by atoms with E-state index in [9.17, 15) is 8.42 Å². The van der Waals surface area contributed by atoms with Gasteiger partial charge in [0.05, 0.1) is 12.9 Å². The average molecular weight is 244 g/mol. The van der Waals surface area contributed by atoms with Crippen molar-refractivity contribution in [1.29, 1.82) is 0 Å². The van der Waals surface area contributed by atoms with E-state index in [2.05, 4.69) is 0 Å². The molecule has 1 unspecified atom stereocenters. The zero-order valence-electron chi connectivity index (χ0n) is 9.42. The van der Waals surface area contributed by atoms with Gasteiger partial charge in [-0.05, 0) is 12.5 Å². The molecule has 1 atom stereocenters. The van der Waals surface area contributed by atoms with E-state index >= 15 is 0 Å². The first kappa shape index (κ1) is 13.2. The van der Waals surface area contributed by atoms with Crippen LogP contribution >= 0.6 is 0 Å². The fraction of sp³-hybridized carbons (Fsp3) is 0.455. The summed E-state index contributed by atoms with van der Waals surface area (Å²) in [5.74, 6) is 0. The van der Waals surface area contributed by atoms with Crippen LogP contribution in [0.2, 0.25) is 0 Å². The molecule has 16 heavy (non-hydrogen) atoms. The van der Waals surface area contributed by atoms with Crippen LogP contribution in [0.15, 0.2) is 30.3 Å².